The Labute approximate surface area is 85.9 Å². The number of aryl methyl sites for hydroxylation is 1. The summed E-state index contributed by atoms with van der Waals surface area (Å²) in [5.41, 5.74) is 0.787. The summed E-state index contributed by atoms with van der Waals surface area (Å²) >= 11 is 1.21. The first-order valence-corrected chi connectivity index (χ1v) is 6.82. The summed E-state index contributed by atoms with van der Waals surface area (Å²) in [7, 11) is -2.95. The summed E-state index contributed by atoms with van der Waals surface area (Å²) in [6.45, 7) is 1.44. The van der Waals surface area contributed by atoms with E-state index in [1.165, 1.54) is 18.3 Å². The number of hydrogen-bond acceptors (Lipinski definition) is 5. The third kappa shape index (κ3) is 1.72. The van der Waals surface area contributed by atoms with Crippen LogP contribution in [0.2, 0.25) is 0 Å². The fourth-order valence-corrected chi connectivity index (χ4v) is 4.15. The monoisotopic (exact) mass is 231 g/mol. The molecule has 0 radical (unpaired) electrons. The number of thiazole rings is 1. The average molecular weight is 231 g/mol. The van der Waals surface area contributed by atoms with Crippen LogP contribution in [-0.2, 0) is 22.0 Å². The van der Waals surface area contributed by atoms with E-state index in [4.69, 9.17) is 0 Å². The minimum Gasteiger partial charge on any atom is -0.292 e. The molecule has 76 valence electrons. The van der Waals surface area contributed by atoms with Crippen molar-refractivity contribution in [2.45, 2.75) is 19.1 Å². The van der Waals surface area contributed by atoms with Crippen molar-refractivity contribution in [1.82, 2.24) is 4.98 Å². The number of sulfone groups is 1. The van der Waals surface area contributed by atoms with Crippen molar-refractivity contribution < 1.29 is 13.2 Å². The van der Waals surface area contributed by atoms with Crippen molar-refractivity contribution in [3.63, 3.8) is 0 Å². The van der Waals surface area contributed by atoms with E-state index in [1.54, 1.807) is 0 Å². The predicted molar refractivity (Wildman–Crippen MR) is 53.3 cm³/mol. The lowest BCUT2D eigenvalue weighted by atomic mass is 10.3. The standard InChI is InChI=1S/C8H9NO3S2/c1-5(10)8-9-6-2-3-14(11,12)4-7(6)13-8/h2-4H2,1H3. The first-order chi connectivity index (χ1) is 6.48. The van der Waals surface area contributed by atoms with Gasteiger partial charge in [0.25, 0.3) is 0 Å². The molecule has 0 unspecified atom stereocenters. The van der Waals surface area contributed by atoms with Gasteiger partial charge in [-0.15, -0.1) is 11.3 Å². The number of carbonyl (C=O) groups is 1. The van der Waals surface area contributed by atoms with E-state index in [1.807, 2.05) is 0 Å². The van der Waals surface area contributed by atoms with Gasteiger partial charge in [0.2, 0.25) is 0 Å². The Morgan fingerprint density at radius 2 is 2.21 bits per heavy atom. The molecule has 0 saturated heterocycles. The molecular weight excluding hydrogens is 222 g/mol. The van der Waals surface area contributed by atoms with Crippen LogP contribution in [-0.4, -0.2) is 24.9 Å². The predicted octanol–water partition coefficient (Wildman–Crippen LogP) is 0.817. The van der Waals surface area contributed by atoms with Crippen LogP contribution in [0.4, 0.5) is 0 Å². The SMILES string of the molecule is CC(=O)c1nc2c(s1)CS(=O)(=O)CC2. The third-order valence-electron chi connectivity index (χ3n) is 2.08. The maximum absolute atomic E-state index is 11.3. The molecule has 1 aliphatic heterocycles. The summed E-state index contributed by atoms with van der Waals surface area (Å²) in [5.74, 6) is 0.107. The number of hydrogen-bond donors (Lipinski definition) is 0. The molecule has 1 aromatic heterocycles. The lowest BCUT2D eigenvalue weighted by molar-refractivity contribution is 0.101. The second-order valence-corrected chi connectivity index (χ2v) is 6.55. The van der Waals surface area contributed by atoms with E-state index in [2.05, 4.69) is 4.98 Å². The molecule has 4 nitrogen and oxygen atoms in total. The molecule has 1 aromatic rings. The Morgan fingerprint density at radius 3 is 2.86 bits per heavy atom. The van der Waals surface area contributed by atoms with Crippen LogP contribution in [0.3, 0.4) is 0 Å². The number of aromatic nitrogens is 1. The molecule has 0 amide bonds. The van der Waals surface area contributed by atoms with Gasteiger partial charge in [0.05, 0.1) is 17.2 Å². The minimum absolute atomic E-state index is 0.0489. The van der Waals surface area contributed by atoms with Crippen molar-refractivity contribution in [1.29, 1.82) is 0 Å². The molecule has 6 heteroatoms. The van der Waals surface area contributed by atoms with Crippen molar-refractivity contribution >= 4 is 27.0 Å². The lowest BCUT2D eigenvalue weighted by Gasteiger charge is -2.09. The summed E-state index contributed by atoms with van der Waals surface area (Å²) < 4.78 is 22.6. The molecule has 0 aliphatic carbocycles. The van der Waals surface area contributed by atoms with Gasteiger partial charge >= 0.3 is 0 Å². The fraction of sp³-hybridized carbons (Fsp3) is 0.500. The Morgan fingerprint density at radius 1 is 1.50 bits per heavy atom. The normalized spacial score (nSPS) is 18.9. The van der Waals surface area contributed by atoms with Gasteiger partial charge in [-0.2, -0.15) is 0 Å². The minimum atomic E-state index is -2.95. The lowest BCUT2D eigenvalue weighted by Crippen LogP contribution is -2.17. The van der Waals surface area contributed by atoms with Crippen LogP contribution in [0.5, 0.6) is 0 Å². The van der Waals surface area contributed by atoms with Gasteiger partial charge in [-0.25, -0.2) is 13.4 Å². The quantitative estimate of drug-likeness (QED) is 0.671. The molecule has 2 rings (SSSR count). The first kappa shape index (κ1) is 9.79. The number of ketones is 1. The molecule has 1 aliphatic rings. The maximum atomic E-state index is 11.3. The van der Waals surface area contributed by atoms with Gasteiger partial charge in [-0.3, -0.25) is 4.79 Å². The number of Topliss-reactive ketones (excluding diaryl/α,β-unsaturated/α-hetero) is 1. The number of carbonyl (C=O) groups excluding carboxylic acids is 1. The Hall–Kier alpha value is -0.750. The highest BCUT2D eigenvalue weighted by Gasteiger charge is 2.25. The molecule has 14 heavy (non-hydrogen) atoms. The average Bonchev–Trinajstić information content (AvgIpc) is 2.45. The van der Waals surface area contributed by atoms with Crippen molar-refractivity contribution in [3.05, 3.63) is 15.6 Å². The second-order valence-electron chi connectivity index (χ2n) is 3.29. The third-order valence-corrected chi connectivity index (χ3v) is 5.02. The zero-order valence-electron chi connectivity index (χ0n) is 7.61. The highest BCUT2D eigenvalue weighted by molar-refractivity contribution is 7.90. The Balaban J connectivity index is 2.44. The van der Waals surface area contributed by atoms with Crippen LogP contribution < -0.4 is 0 Å². The maximum Gasteiger partial charge on any atom is 0.188 e. The molecule has 0 fully saturated rings. The molecule has 0 spiro atoms. The van der Waals surface area contributed by atoms with Gasteiger partial charge in [0.15, 0.2) is 20.6 Å². The summed E-state index contributed by atoms with van der Waals surface area (Å²) in [5, 5.41) is 0.423. The van der Waals surface area contributed by atoms with Crippen molar-refractivity contribution in [2.75, 3.05) is 5.75 Å². The number of nitrogens with zero attached hydrogens (tertiary/aromatic N) is 1. The van der Waals surface area contributed by atoms with Crippen LogP contribution in [0.1, 0.15) is 27.3 Å². The smallest absolute Gasteiger partial charge is 0.188 e. The van der Waals surface area contributed by atoms with Crippen molar-refractivity contribution in [3.8, 4) is 0 Å². The molecule has 0 N–H and O–H groups in total. The fourth-order valence-electron chi connectivity index (χ4n) is 1.37. The van der Waals surface area contributed by atoms with Gasteiger partial charge in [-0.05, 0) is 0 Å². The van der Waals surface area contributed by atoms with E-state index < -0.39 is 9.84 Å². The van der Waals surface area contributed by atoms with E-state index >= 15 is 0 Å². The highest BCUT2D eigenvalue weighted by Crippen LogP contribution is 2.26. The van der Waals surface area contributed by atoms with E-state index in [-0.39, 0.29) is 17.3 Å². The van der Waals surface area contributed by atoms with Crippen molar-refractivity contribution in [2.24, 2.45) is 0 Å². The van der Waals surface area contributed by atoms with Gasteiger partial charge in [-0.1, -0.05) is 0 Å². The first-order valence-electron chi connectivity index (χ1n) is 4.18. The molecule has 0 bridgehead atoms. The molecule has 0 atom stereocenters. The van der Waals surface area contributed by atoms with Crippen LogP contribution in [0.25, 0.3) is 0 Å². The van der Waals surface area contributed by atoms with Crippen LogP contribution in [0, 0.1) is 0 Å². The summed E-state index contributed by atoms with van der Waals surface area (Å²) in [4.78, 5) is 15.9. The number of rotatable bonds is 1. The Bertz CT molecular complexity index is 487. The largest absolute Gasteiger partial charge is 0.292 e. The highest BCUT2D eigenvalue weighted by atomic mass is 32.2. The number of fused-ring (bicyclic) bond motifs is 1. The van der Waals surface area contributed by atoms with E-state index in [9.17, 15) is 13.2 Å². The van der Waals surface area contributed by atoms with Gasteiger partial charge < -0.3 is 0 Å². The van der Waals surface area contributed by atoms with Crippen LogP contribution in [0.15, 0.2) is 0 Å². The molecule has 2 heterocycles. The zero-order valence-corrected chi connectivity index (χ0v) is 9.24. The molecular formula is C8H9NO3S2. The van der Waals surface area contributed by atoms with E-state index in [0.717, 1.165) is 10.6 Å². The molecule has 0 aromatic carbocycles. The van der Waals surface area contributed by atoms with Gasteiger partial charge in [0.1, 0.15) is 0 Å². The summed E-state index contributed by atoms with van der Waals surface area (Å²) in [6.07, 6.45) is 0.446. The summed E-state index contributed by atoms with van der Waals surface area (Å²) in [6, 6.07) is 0. The second kappa shape index (κ2) is 3.13. The van der Waals surface area contributed by atoms with Gasteiger partial charge in [0, 0.05) is 18.2 Å². The van der Waals surface area contributed by atoms with E-state index in [0.29, 0.717) is 11.4 Å². The molecule has 0 saturated carbocycles. The Kier molecular flexibility index (Phi) is 2.19. The topological polar surface area (TPSA) is 64.1 Å². The van der Waals surface area contributed by atoms with Crippen LogP contribution >= 0.6 is 11.3 Å². The zero-order chi connectivity index (χ0) is 10.3.